The molecule has 0 aliphatic carbocycles. The number of urea groups is 1. The van der Waals surface area contributed by atoms with Gasteiger partial charge in [-0.25, -0.2) is 4.79 Å². The number of hydrogen-bond donors (Lipinski definition) is 3. The van der Waals surface area contributed by atoms with Crippen LogP contribution in [0.15, 0.2) is 0 Å². The zero-order chi connectivity index (χ0) is 13.5. The molecule has 0 aromatic heterocycles. The topological polar surface area (TPSA) is 105 Å². The summed E-state index contributed by atoms with van der Waals surface area (Å²) in [6.07, 6.45) is 1.85. The van der Waals surface area contributed by atoms with Gasteiger partial charge in [0.1, 0.15) is 0 Å². The van der Waals surface area contributed by atoms with Gasteiger partial charge in [-0.3, -0.25) is 14.9 Å². The van der Waals surface area contributed by atoms with Crippen molar-refractivity contribution in [3.8, 4) is 0 Å². The molecule has 0 aromatic carbocycles. The first-order valence-electron chi connectivity index (χ1n) is 6.06. The fraction of sp³-hybridized carbons (Fsp3) is 0.727. The number of primary amides is 1. The smallest absolute Gasteiger partial charge is 0.318 e. The number of piperidine rings is 1. The molecule has 0 unspecified atom stereocenters. The Balaban J connectivity index is 2.21. The Morgan fingerprint density at radius 1 is 1.28 bits per heavy atom. The number of amides is 4. The van der Waals surface area contributed by atoms with E-state index < -0.39 is 6.03 Å². The summed E-state index contributed by atoms with van der Waals surface area (Å²) in [5, 5.41) is 4.68. The quantitative estimate of drug-likeness (QED) is 0.602. The number of nitrogens with zero attached hydrogens (tertiary/aromatic N) is 1. The molecule has 1 aliphatic heterocycles. The van der Waals surface area contributed by atoms with Gasteiger partial charge in [0.05, 0.1) is 0 Å². The van der Waals surface area contributed by atoms with Crippen molar-refractivity contribution in [1.29, 1.82) is 0 Å². The van der Waals surface area contributed by atoms with Gasteiger partial charge in [0.2, 0.25) is 11.8 Å². The predicted octanol–water partition coefficient (Wildman–Crippen LogP) is -0.971. The summed E-state index contributed by atoms with van der Waals surface area (Å²) in [6.45, 7) is 2.17. The Kier molecular flexibility index (Phi) is 5.57. The number of hydrogen-bond acceptors (Lipinski definition) is 4. The molecule has 1 rings (SSSR count). The summed E-state index contributed by atoms with van der Waals surface area (Å²) < 4.78 is 0. The zero-order valence-corrected chi connectivity index (χ0v) is 10.6. The lowest BCUT2D eigenvalue weighted by Crippen LogP contribution is -2.42. The third kappa shape index (κ3) is 4.70. The van der Waals surface area contributed by atoms with Crippen molar-refractivity contribution in [3.05, 3.63) is 0 Å². The lowest BCUT2D eigenvalue weighted by molar-refractivity contribution is -0.126. The molecule has 102 valence electrons. The van der Waals surface area contributed by atoms with Crippen LogP contribution in [0.5, 0.6) is 0 Å². The van der Waals surface area contributed by atoms with Gasteiger partial charge >= 0.3 is 6.03 Å². The van der Waals surface area contributed by atoms with Crippen LogP contribution in [0.1, 0.15) is 19.3 Å². The minimum absolute atomic E-state index is 0.0747. The average molecular weight is 256 g/mol. The first-order valence-corrected chi connectivity index (χ1v) is 6.06. The van der Waals surface area contributed by atoms with E-state index in [0.717, 1.165) is 25.9 Å². The Labute approximate surface area is 106 Å². The third-order valence-corrected chi connectivity index (χ3v) is 3.12. The molecule has 7 heteroatoms. The molecule has 0 bridgehead atoms. The maximum absolute atomic E-state index is 11.4. The highest BCUT2D eigenvalue weighted by Gasteiger charge is 2.24. The number of nitrogens with two attached hydrogens (primary N) is 1. The van der Waals surface area contributed by atoms with Crippen molar-refractivity contribution in [3.63, 3.8) is 0 Å². The molecular formula is C11H20N4O3. The van der Waals surface area contributed by atoms with E-state index >= 15 is 0 Å². The van der Waals surface area contributed by atoms with Crippen LogP contribution in [0.25, 0.3) is 0 Å². The van der Waals surface area contributed by atoms with Gasteiger partial charge in [0.25, 0.3) is 0 Å². The highest BCUT2D eigenvalue weighted by molar-refractivity contribution is 5.93. The molecule has 1 heterocycles. The van der Waals surface area contributed by atoms with E-state index in [4.69, 9.17) is 5.73 Å². The lowest BCUT2D eigenvalue weighted by atomic mass is 9.96. The molecule has 1 fully saturated rings. The van der Waals surface area contributed by atoms with Crippen LogP contribution in [-0.2, 0) is 9.59 Å². The normalized spacial score (nSPS) is 17.2. The summed E-state index contributed by atoms with van der Waals surface area (Å²) in [5.74, 6) is -0.206. The van der Waals surface area contributed by atoms with Gasteiger partial charge in [-0.05, 0) is 25.9 Å². The van der Waals surface area contributed by atoms with Crippen LogP contribution in [0.2, 0.25) is 0 Å². The van der Waals surface area contributed by atoms with E-state index in [0.29, 0.717) is 6.54 Å². The number of carbonyl (C=O) groups excluding carboxylic acids is 3. The van der Waals surface area contributed by atoms with E-state index in [2.05, 4.69) is 10.2 Å². The van der Waals surface area contributed by atoms with Gasteiger partial charge in [-0.1, -0.05) is 0 Å². The Bertz CT molecular complexity index is 324. The van der Waals surface area contributed by atoms with Crippen molar-refractivity contribution in [2.45, 2.75) is 19.3 Å². The summed E-state index contributed by atoms with van der Waals surface area (Å²) in [7, 11) is 1.64. The van der Waals surface area contributed by atoms with Gasteiger partial charge < -0.3 is 16.0 Å². The number of likely N-dealkylation sites (tertiary alicyclic amines) is 1. The van der Waals surface area contributed by atoms with Crippen molar-refractivity contribution < 1.29 is 14.4 Å². The summed E-state index contributed by atoms with van der Waals surface area (Å²) in [5.41, 5.74) is 4.84. The molecule has 1 aliphatic rings. The zero-order valence-electron chi connectivity index (χ0n) is 10.6. The maximum atomic E-state index is 11.4. The molecule has 4 N–H and O–H groups in total. The van der Waals surface area contributed by atoms with Gasteiger partial charge in [-0.15, -0.1) is 0 Å². The largest absolute Gasteiger partial charge is 0.359 e. The minimum atomic E-state index is -0.821. The highest BCUT2D eigenvalue weighted by Crippen LogP contribution is 2.17. The number of rotatable bonds is 4. The monoisotopic (exact) mass is 256 g/mol. The molecule has 7 nitrogen and oxygen atoms in total. The fourth-order valence-corrected chi connectivity index (χ4v) is 2.08. The Hall–Kier alpha value is -1.63. The van der Waals surface area contributed by atoms with Crippen molar-refractivity contribution >= 4 is 17.8 Å². The number of imide groups is 1. The predicted molar refractivity (Wildman–Crippen MR) is 65.6 cm³/mol. The molecule has 0 radical (unpaired) electrons. The molecule has 0 aromatic rings. The molecule has 4 amide bonds. The second kappa shape index (κ2) is 6.95. The maximum Gasteiger partial charge on any atom is 0.318 e. The van der Waals surface area contributed by atoms with Crippen LogP contribution in [0.4, 0.5) is 4.79 Å². The highest BCUT2D eigenvalue weighted by atomic mass is 16.2. The molecule has 1 saturated heterocycles. The van der Waals surface area contributed by atoms with E-state index in [-0.39, 0.29) is 24.2 Å². The van der Waals surface area contributed by atoms with Crippen LogP contribution in [0, 0.1) is 5.92 Å². The van der Waals surface area contributed by atoms with E-state index in [1.807, 2.05) is 5.32 Å². The lowest BCUT2D eigenvalue weighted by Gasteiger charge is -2.30. The van der Waals surface area contributed by atoms with E-state index in [1.165, 1.54) is 0 Å². The first-order chi connectivity index (χ1) is 8.52. The van der Waals surface area contributed by atoms with Crippen LogP contribution in [-0.4, -0.2) is 49.4 Å². The second-order valence-corrected chi connectivity index (χ2v) is 4.39. The fourth-order valence-electron chi connectivity index (χ4n) is 2.08. The third-order valence-electron chi connectivity index (χ3n) is 3.12. The van der Waals surface area contributed by atoms with E-state index in [9.17, 15) is 14.4 Å². The Morgan fingerprint density at radius 2 is 1.89 bits per heavy atom. The molecule has 0 spiro atoms. The minimum Gasteiger partial charge on any atom is -0.359 e. The summed E-state index contributed by atoms with van der Waals surface area (Å²) in [4.78, 5) is 35.2. The van der Waals surface area contributed by atoms with E-state index in [1.54, 1.807) is 7.05 Å². The average Bonchev–Trinajstić information content (AvgIpc) is 2.35. The van der Waals surface area contributed by atoms with Crippen molar-refractivity contribution in [2.75, 3.05) is 26.7 Å². The molecule has 0 saturated carbocycles. The van der Waals surface area contributed by atoms with Crippen LogP contribution in [0.3, 0.4) is 0 Å². The molecule has 18 heavy (non-hydrogen) atoms. The summed E-state index contributed by atoms with van der Waals surface area (Å²) >= 11 is 0. The first kappa shape index (κ1) is 14.4. The molecule has 0 atom stereocenters. The standard InChI is InChI=1S/C11H20N4O3/c1-13-10(17)8-2-5-15(6-3-8)7-4-9(16)14-11(12)18/h8H,2-7H2,1H3,(H,13,17)(H3,12,14,16,18). The van der Waals surface area contributed by atoms with Gasteiger partial charge in [0.15, 0.2) is 0 Å². The van der Waals surface area contributed by atoms with Crippen LogP contribution >= 0.6 is 0 Å². The summed E-state index contributed by atoms with van der Waals surface area (Å²) in [6, 6.07) is -0.821. The van der Waals surface area contributed by atoms with Gasteiger partial charge in [0, 0.05) is 25.9 Å². The van der Waals surface area contributed by atoms with Gasteiger partial charge in [-0.2, -0.15) is 0 Å². The van der Waals surface area contributed by atoms with Crippen LogP contribution < -0.4 is 16.4 Å². The number of carbonyl (C=O) groups is 3. The Morgan fingerprint density at radius 3 is 2.39 bits per heavy atom. The SMILES string of the molecule is CNC(=O)C1CCN(CCC(=O)NC(N)=O)CC1. The van der Waals surface area contributed by atoms with Crippen molar-refractivity contribution in [1.82, 2.24) is 15.5 Å². The second-order valence-electron chi connectivity index (χ2n) is 4.39. The number of nitrogens with one attached hydrogen (secondary N) is 2. The molecular weight excluding hydrogens is 236 g/mol. The van der Waals surface area contributed by atoms with Crippen molar-refractivity contribution in [2.24, 2.45) is 11.7 Å².